The predicted molar refractivity (Wildman–Crippen MR) is 116 cm³/mol. The monoisotopic (exact) mass is 393 g/mol. The molecule has 4 heteroatoms. The number of nitrogens with one attached hydrogen (secondary N) is 1. The van der Waals surface area contributed by atoms with Gasteiger partial charge in [0.2, 0.25) is 0 Å². The van der Waals surface area contributed by atoms with Crippen LogP contribution in [0.5, 0.6) is 5.75 Å². The molecular formula is C25H31NO3. The summed E-state index contributed by atoms with van der Waals surface area (Å²) in [7, 11) is 0. The quantitative estimate of drug-likeness (QED) is 0.694. The molecule has 0 aromatic heterocycles. The minimum absolute atomic E-state index is 0.0263. The number of Topliss-reactive ketones (excluding diaryl/α,β-unsaturated/α-hetero) is 1. The largest absolute Gasteiger partial charge is 0.493 e. The number of carbonyl (C=O) groups excluding carboxylic acids is 2. The Balaban J connectivity index is 1.94. The fourth-order valence-electron chi connectivity index (χ4n) is 4.33. The topological polar surface area (TPSA) is 55.4 Å². The van der Waals surface area contributed by atoms with Gasteiger partial charge in [-0.1, -0.05) is 31.0 Å². The summed E-state index contributed by atoms with van der Waals surface area (Å²) >= 11 is 0. The Hall–Kier alpha value is -2.62. The van der Waals surface area contributed by atoms with Crippen molar-refractivity contribution in [3.63, 3.8) is 0 Å². The van der Waals surface area contributed by atoms with Crippen molar-refractivity contribution in [2.24, 2.45) is 0 Å². The average molecular weight is 394 g/mol. The van der Waals surface area contributed by atoms with E-state index in [4.69, 9.17) is 4.74 Å². The highest BCUT2D eigenvalue weighted by molar-refractivity contribution is 6.07. The molecule has 0 radical (unpaired) electrons. The Kier molecular flexibility index (Phi) is 6.11. The highest BCUT2D eigenvalue weighted by Gasteiger charge is 2.37. The van der Waals surface area contributed by atoms with Crippen molar-refractivity contribution in [2.45, 2.75) is 65.8 Å². The van der Waals surface area contributed by atoms with Crippen LogP contribution in [0.25, 0.3) is 0 Å². The third-order valence-corrected chi connectivity index (χ3v) is 6.11. The zero-order valence-electron chi connectivity index (χ0n) is 18.1. The van der Waals surface area contributed by atoms with Gasteiger partial charge in [-0.3, -0.25) is 9.59 Å². The van der Waals surface area contributed by atoms with Crippen LogP contribution in [0, 0.1) is 20.8 Å². The predicted octanol–water partition coefficient (Wildman–Crippen LogP) is 5.11. The number of ketones is 1. The van der Waals surface area contributed by atoms with Crippen LogP contribution in [-0.4, -0.2) is 23.8 Å². The summed E-state index contributed by atoms with van der Waals surface area (Å²) < 4.78 is 5.71. The van der Waals surface area contributed by atoms with E-state index in [0.717, 1.165) is 47.5 Å². The maximum atomic E-state index is 13.5. The lowest BCUT2D eigenvalue weighted by Crippen LogP contribution is -2.54. The molecule has 1 amide bonds. The van der Waals surface area contributed by atoms with Gasteiger partial charge in [-0.05, 0) is 81.8 Å². The molecule has 154 valence electrons. The standard InChI is InChI=1S/C25H31NO3/c1-6-25(7-2,23(27)19-14-16(3)13-17(4)15-19)26-24(28)21-10-11-22-20(18(21)5)9-8-12-29-22/h10-11,13-15H,6-9,12H2,1-5H3,(H,26,28). The number of fused-ring (bicyclic) bond motifs is 1. The van der Waals surface area contributed by atoms with E-state index in [0.29, 0.717) is 24.0 Å². The van der Waals surface area contributed by atoms with Gasteiger partial charge < -0.3 is 10.1 Å². The summed E-state index contributed by atoms with van der Waals surface area (Å²) in [6, 6.07) is 9.55. The fourth-order valence-corrected chi connectivity index (χ4v) is 4.33. The number of aryl methyl sites for hydroxylation is 2. The smallest absolute Gasteiger partial charge is 0.252 e. The van der Waals surface area contributed by atoms with E-state index < -0.39 is 5.54 Å². The van der Waals surface area contributed by atoms with Crippen LogP contribution >= 0.6 is 0 Å². The maximum Gasteiger partial charge on any atom is 0.252 e. The minimum atomic E-state index is -0.920. The van der Waals surface area contributed by atoms with Gasteiger partial charge in [0.1, 0.15) is 11.3 Å². The van der Waals surface area contributed by atoms with Crippen LogP contribution in [0.4, 0.5) is 0 Å². The molecule has 3 rings (SSSR count). The van der Waals surface area contributed by atoms with E-state index in [1.54, 1.807) is 0 Å². The number of benzene rings is 2. The molecule has 1 N–H and O–H groups in total. The summed E-state index contributed by atoms with van der Waals surface area (Å²) in [5.41, 5.74) is 4.49. The summed E-state index contributed by atoms with van der Waals surface area (Å²) in [4.78, 5) is 26.7. The van der Waals surface area contributed by atoms with Crippen LogP contribution in [-0.2, 0) is 6.42 Å². The van der Waals surface area contributed by atoms with E-state index in [1.165, 1.54) is 0 Å². The van der Waals surface area contributed by atoms with Gasteiger partial charge in [-0.25, -0.2) is 0 Å². The van der Waals surface area contributed by atoms with Crippen molar-refractivity contribution >= 4 is 11.7 Å². The van der Waals surface area contributed by atoms with Gasteiger partial charge in [0, 0.05) is 11.1 Å². The lowest BCUT2D eigenvalue weighted by Gasteiger charge is -2.32. The normalized spacial score (nSPS) is 13.4. The number of carbonyl (C=O) groups is 2. The van der Waals surface area contributed by atoms with Crippen LogP contribution in [0.1, 0.15) is 76.1 Å². The van der Waals surface area contributed by atoms with Crippen molar-refractivity contribution in [1.29, 1.82) is 0 Å². The van der Waals surface area contributed by atoms with Gasteiger partial charge in [-0.15, -0.1) is 0 Å². The molecule has 0 saturated heterocycles. The molecule has 2 aromatic rings. The highest BCUT2D eigenvalue weighted by atomic mass is 16.5. The first kappa shape index (κ1) is 21.1. The number of rotatable bonds is 6. The number of hydrogen-bond donors (Lipinski definition) is 1. The molecule has 0 fully saturated rings. The third kappa shape index (κ3) is 4.07. The van der Waals surface area contributed by atoms with Gasteiger partial charge >= 0.3 is 0 Å². The molecular weight excluding hydrogens is 362 g/mol. The van der Waals surface area contributed by atoms with E-state index in [2.05, 4.69) is 5.32 Å². The molecule has 0 unspecified atom stereocenters. The first-order valence-electron chi connectivity index (χ1n) is 10.5. The van der Waals surface area contributed by atoms with Crippen LogP contribution in [0.2, 0.25) is 0 Å². The lowest BCUT2D eigenvalue weighted by molar-refractivity contribution is 0.0753. The summed E-state index contributed by atoms with van der Waals surface area (Å²) in [5, 5.41) is 3.10. The van der Waals surface area contributed by atoms with Gasteiger partial charge in [0.25, 0.3) is 5.91 Å². The Bertz CT molecular complexity index is 921. The Morgan fingerprint density at radius 1 is 1.03 bits per heavy atom. The molecule has 1 aliphatic heterocycles. The SMILES string of the molecule is CCC(CC)(NC(=O)c1ccc2c(c1C)CCCO2)C(=O)c1cc(C)cc(C)c1. The van der Waals surface area contributed by atoms with Crippen LogP contribution in [0.15, 0.2) is 30.3 Å². The molecule has 0 atom stereocenters. The van der Waals surface area contributed by atoms with Crippen molar-refractivity contribution in [3.8, 4) is 5.75 Å². The van der Waals surface area contributed by atoms with E-state index in [-0.39, 0.29) is 11.7 Å². The van der Waals surface area contributed by atoms with E-state index in [1.807, 2.05) is 65.0 Å². The Morgan fingerprint density at radius 2 is 1.69 bits per heavy atom. The minimum Gasteiger partial charge on any atom is -0.493 e. The summed E-state index contributed by atoms with van der Waals surface area (Å²) in [6.07, 6.45) is 2.94. The van der Waals surface area contributed by atoms with Gasteiger partial charge in [0.15, 0.2) is 5.78 Å². The Labute approximate surface area is 173 Å². The molecule has 2 aromatic carbocycles. The van der Waals surface area contributed by atoms with E-state index in [9.17, 15) is 9.59 Å². The molecule has 0 saturated carbocycles. The lowest BCUT2D eigenvalue weighted by atomic mass is 9.83. The van der Waals surface area contributed by atoms with Gasteiger partial charge in [0.05, 0.1) is 6.61 Å². The second-order valence-corrected chi connectivity index (χ2v) is 8.12. The first-order chi connectivity index (χ1) is 13.8. The molecule has 1 heterocycles. The molecule has 0 aliphatic carbocycles. The zero-order valence-corrected chi connectivity index (χ0v) is 18.1. The summed E-state index contributed by atoms with van der Waals surface area (Å²) in [5.74, 6) is 0.646. The number of amides is 1. The highest BCUT2D eigenvalue weighted by Crippen LogP contribution is 2.31. The van der Waals surface area contributed by atoms with Gasteiger partial charge in [-0.2, -0.15) is 0 Å². The molecule has 0 spiro atoms. The zero-order chi connectivity index (χ0) is 21.2. The molecule has 4 nitrogen and oxygen atoms in total. The molecule has 0 bridgehead atoms. The van der Waals surface area contributed by atoms with Crippen molar-refractivity contribution in [2.75, 3.05) is 6.61 Å². The van der Waals surface area contributed by atoms with Crippen LogP contribution < -0.4 is 10.1 Å². The summed E-state index contributed by atoms with van der Waals surface area (Å²) in [6.45, 7) is 10.6. The molecule has 1 aliphatic rings. The average Bonchev–Trinajstić information content (AvgIpc) is 2.71. The maximum absolute atomic E-state index is 13.5. The van der Waals surface area contributed by atoms with E-state index >= 15 is 0 Å². The third-order valence-electron chi connectivity index (χ3n) is 6.11. The van der Waals surface area contributed by atoms with Crippen molar-refractivity contribution < 1.29 is 14.3 Å². The second-order valence-electron chi connectivity index (χ2n) is 8.12. The molecule has 29 heavy (non-hydrogen) atoms. The van der Waals surface area contributed by atoms with Crippen molar-refractivity contribution in [3.05, 3.63) is 63.7 Å². The number of hydrogen-bond acceptors (Lipinski definition) is 3. The fraction of sp³-hybridized carbons (Fsp3) is 0.440. The first-order valence-corrected chi connectivity index (χ1v) is 10.5. The second kappa shape index (κ2) is 8.40. The Morgan fingerprint density at radius 3 is 2.31 bits per heavy atom. The van der Waals surface area contributed by atoms with Crippen LogP contribution in [0.3, 0.4) is 0 Å². The van der Waals surface area contributed by atoms with Crippen molar-refractivity contribution in [1.82, 2.24) is 5.32 Å². The number of ether oxygens (including phenoxy) is 1.